The smallest absolute Gasteiger partial charge is 0.414 e. The molecule has 11 nitrogen and oxygen atoms in total. The molecule has 2 aromatic carbocycles. The molecule has 0 unspecified atom stereocenters. The summed E-state index contributed by atoms with van der Waals surface area (Å²) in [7, 11) is 0.0200. The third-order valence-corrected chi connectivity index (χ3v) is 9.38. The van der Waals surface area contributed by atoms with Gasteiger partial charge in [-0.15, -0.1) is 11.8 Å². The molecule has 2 aromatic rings. The summed E-state index contributed by atoms with van der Waals surface area (Å²) in [6.07, 6.45) is -1.30. The average molecular weight is 608 g/mol. The molecule has 2 amide bonds. The zero-order chi connectivity index (χ0) is 30.5. The molecule has 0 aliphatic carbocycles. The second kappa shape index (κ2) is 13.1. The molecule has 1 saturated heterocycles. The van der Waals surface area contributed by atoms with E-state index in [2.05, 4.69) is 5.32 Å². The Morgan fingerprint density at radius 1 is 1.02 bits per heavy atom. The van der Waals surface area contributed by atoms with Gasteiger partial charge in [-0.1, -0.05) is 12.1 Å². The fraction of sp³-hybridized carbons (Fsp3) is 0.464. The van der Waals surface area contributed by atoms with Gasteiger partial charge in [0.25, 0.3) is 15.9 Å². The molecule has 3 rings (SSSR count). The van der Waals surface area contributed by atoms with Crippen molar-refractivity contribution in [3.8, 4) is 11.5 Å². The second-order valence-corrected chi connectivity index (χ2v) is 13.6. The Labute approximate surface area is 245 Å². The van der Waals surface area contributed by atoms with Gasteiger partial charge in [-0.25, -0.2) is 22.3 Å². The molecule has 1 aliphatic heterocycles. The number of hydrogen-bond acceptors (Lipinski definition) is 10. The topological polar surface area (TPSA) is 132 Å². The molecule has 1 fully saturated rings. The van der Waals surface area contributed by atoms with Crippen LogP contribution in [0.5, 0.6) is 11.5 Å². The lowest BCUT2D eigenvalue weighted by Crippen LogP contribution is -2.56. The molecule has 1 N–H and O–H groups in total. The van der Waals surface area contributed by atoms with Gasteiger partial charge in [0, 0.05) is 31.8 Å². The van der Waals surface area contributed by atoms with Crippen molar-refractivity contribution in [2.45, 2.75) is 62.1 Å². The third-order valence-electron chi connectivity index (χ3n) is 6.02. The number of sulfonamides is 1. The zero-order valence-corrected chi connectivity index (χ0v) is 25.9. The molecule has 0 radical (unpaired) electrons. The van der Waals surface area contributed by atoms with Gasteiger partial charge in [-0.05, 0) is 69.7 Å². The van der Waals surface area contributed by atoms with Crippen LogP contribution in [0.3, 0.4) is 0 Å². The number of nitrogens with zero attached hydrogens (tertiary/aromatic N) is 2. The Morgan fingerprint density at radius 2 is 1.61 bits per heavy atom. The number of nitrogens with one attached hydrogen (secondary N) is 1. The lowest BCUT2D eigenvalue weighted by Gasteiger charge is -2.32. The minimum Gasteiger partial charge on any atom is -0.497 e. The van der Waals surface area contributed by atoms with Crippen molar-refractivity contribution in [1.82, 2.24) is 14.5 Å². The molecule has 224 valence electrons. The maximum absolute atomic E-state index is 14.1. The number of ether oxygens (including phenoxy) is 3. The Balaban J connectivity index is 2.07. The Hall–Kier alpha value is -3.29. The highest BCUT2D eigenvalue weighted by Gasteiger charge is 2.46. The van der Waals surface area contributed by atoms with Gasteiger partial charge >= 0.3 is 12.1 Å². The number of hydrogen-bond donors (Lipinski definition) is 1. The number of methoxy groups -OCH3 is 1. The van der Waals surface area contributed by atoms with E-state index in [1.54, 1.807) is 40.1 Å². The average Bonchev–Trinajstić information content (AvgIpc) is 3.28. The number of carbonyl (C=O) groups excluding carboxylic acids is 3. The quantitative estimate of drug-likeness (QED) is 0.402. The van der Waals surface area contributed by atoms with Crippen molar-refractivity contribution in [1.29, 1.82) is 0 Å². The van der Waals surface area contributed by atoms with Crippen LogP contribution in [-0.2, 0) is 30.8 Å². The number of benzene rings is 2. The number of amides is 2. The maximum Gasteiger partial charge on any atom is 0.414 e. The van der Waals surface area contributed by atoms with E-state index in [1.807, 2.05) is 13.8 Å². The molecule has 41 heavy (non-hydrogen) atoms. The van der Waals surface area contributed by atoms with Gasteiger partial charge < -0.3 is 19.1 Å². The summed E-state index contributed by atoms with van der Waals surface area (Å²) in [5.74, 6) is -0.383. The van der Waals surface area contributed by atoms with Crippen LogP contribution in [0.2, 0.25) is 0 Å². The van der Waals surface area contributed by atoms with Gasteiger partial charge in [0.2, 0.25) is 0 Å². The number of rotatable bonds is 10. The predicted octanol–water partition coefficient (Wildman–Crippen LogP) is 3.28. The van der Waals surface area contributed by atoms with Crippen LogP contribution in [0.25, 0.3) is 0 Å². The summed E-state index contributed by atoms with van der Waals surface area (Å²) in [6, 6.07) is 10.3. The summed E-state index contributed by atoms with van der Waals surface area (Å²) < 4.78 is 44.7. The van der Waals surface area contributed by atoms with Crippen molar-refractivity contribution >= 4 is 39.8 Å². The molecule has 1 heterocycles. The first-order valence-electron chi connectivity index (χ1n) is 12.9. The molecule has 0 saturated carbocycles. The van der Waals surface area contributed by atoms with Crippen LogP contribution in [-0.4, -0.2) is 85.6 Å². The third kappa shape index (κ3) is 8.14. The normalized spacial score (nSPS) is 17.0. The van der Waals surface area contributed by atoms with E-state index >= 15 is 0 Å². The first-order valence-corrected chi connectivity index (χ1v) is 15.4. The fourth-order valence-electron chi connectivity index (χ4n) is 3.96. The standard InChI is InChI=1S/C28H37N3O8S2/c1-18(2)38-26(33)23(16-19-8-10-21(11-9-19)39-27(34)30(5)6)31(25(32)24-29-28(3,4)17-40-24)41(35,36)22-14-12-20(37-7)13-15-22/h8-15,18,23-24,29H,16-17H2,1-7H3/t23-,24-/m0/s1. The largest absolute Gasteiger partial charge is 0.497 e. The number of thioether (sulfide) groups is 1. The summed E-state index contributed by atoms with van der Waals surface area (Å²) in [4.78, 5) is 40.5. The molecular formula is C28H37N3O8S2. The van der Waals surface area contributed by atoms with E-state index in [4.69, 9.17) is 14.2 Å². The minimum atomic E-state index is -4.53. The van der Waals surface area contributed by atoms with E-state index in [-0.39, 0.29) is 17.1 Å². The molecule has 0 spiro atoms. The van der Waals surface area contributed by atoms with Crippen molar-refractivity contribution in [2.24, 2.45) is 0 Å². The molecular weight excluding hydrogens is 570 g/mol. The Bertz CT molecular complexity index is 1340. The van der Waals surface area contributed by atoms with Crippen molar-refractivity contribution in [3.63, 3.8) is 0 Å². The van der Waals surface area contributed by atoms with Crippen LogP contribution in [0, 0.1) is 0 Å². The highest BCUT2D eigenvalue weighted by molar-refractivity contribution is 8.01. The molecule has 13 heteroatoms. The Morgan fingerprint density at radius 3 is 2.10 bits per heavy atom. The van der Waals surface area contributed by atoms with Crippen molar-refractivity contribution < 1.29 is 37.0 Å². The van der Waals surface area contributed by atoms with E-state index in [1.165, 1.54) is 60.2 Å². The minimum absolute atomic E-state index is 0.171. The highest BCUT2D eigenvalue weighted by atomic mass is 32.2. The summed E-state index contributed by atoms with van der Waals surface area (Å²) in [5.41, 5.74) is 0.101. The molecule has 1 aliphatic rings. The first-order chi connectivity index (χ1) is 19.1. The van der Waals surface area contributed by atoms with Crippen LogP contribution >= 0.6 is 11.8 Å². The summed E-state index contributed by atoms with van der Waals surface area (Å²) in [5, 5.41) is 2.27. The van der Waals surface area contributed by atoms with Gasteiger partial charge in [-0.3, -0.25) is 10.1 Å². The molecule has 0 aromatic heterocycles. The van der Waals surface area contributed by atoms with E-state index in [0.29, 0.717) is 21.4 Å². The van der Waals surface area contributed by atoms with Gasteiger partial charge in [0.05, 0.1) is 18.1 Å². The second-order valence-electron chi connectivity index (χ2n) is 10.6. The van der Waals surface area contributed by atoms with E-state index in [0.717, 1.165) is 0 Å². The highest BCUT2D eigenvalue weighted by Crippen LogP contribution is 2.32. The number of esters is 1. The van der Waals surface area contributed by atoms with Crippen molar-refractivity contribution in [2.75, 3.05) is 27.0 Å². The summed E-state index contributed by atoms with van der Waals surface area (Å²) in [6.45, 7) is 7.10. The lowest BCUT2D eigenvalue weighted by molar-refractivity contribution is -0.155. The van der Waals surface area contributed by atoms with Gasteiger partial charge in [0.1, 0.15) is 22.9 Å². The van der Waals surface area contributed by atoms with Crippen molar-refractivity contribution in [3.05, 3.63) is 54.1 Å². The maximum atomic E-state index is 14.1. The van der Waals surface area contributed by atoms with Crippen LogP contribution < -0.4 is 14.8 Å². The molecule has 0 bridgehead atoms. The number of carbonyl (C=O) groups is 3. The summed E-state index contributed by atoms with van der Waals surface area (Å²) >= 11 is 1.27. The monoisotopic (exact) mass is 607 g/mol. The fourth-order valence-corrected chi connectivity index (χ4v) is 6.90. The lowest BCUT2D eigenvalue weighted by atomic mass is 10.1. The SMILES string of the molecule is COc1ccc(S(=O)(=O)N(C(=O)[C@H]2NC(C)(C)CS2)[C@@H](Cc2ccc(OC(=O)N(C)C)cc2)C(=O)OC(C)C)cc1. The first kappa shape index (κ1) is 32.2. The van der Waals surface area contributed by atoms with Crippen LogP contribution in [0.4, 0.5) is 4.79 Å². The van der Waals surface area contributed by atoms with E-state index < -0.39 is 51.1 Å². The van der Waals surface area contributed by atoms with Gasteiger partial charge in [-0.2, -0.15) is 0 Å². The zero-order valence-electron chi connectivity index (χ0n) is 24.2. The predicted molar refractivity (Wildman–Crippen MR) is 155 cm³/mol. The van der Waals surface area contributed by atoms with Crippen LogP contribution in [0.1, 0.15) is 33.3 Å². The van der Waals surface area contributed by atoms with Crippen LogP contribution in [0.15, 0.2) is 53.4 Å². The Kier molecular flexibility index (Phi) is 10.3. The molecule has 2 atom stereocenters. The van der Waals surface area contributed by atoms with Gasteiger partial charge in [0.15, 0.2) is 0 Å². The van der Waals surface area contributed by atoms with E-state index in [9.17, 15) is 22.8 Å².